The van der Waals surface area contributed by atoms with Crippen molar-refractivity contribution in [1.82, 2.24) is 19.5 Å². The molecule has 3 aromatic rings. The number of thioether (sulfide) groups is 1. The fraction of sp³-hybridized carbons (Fsp3) is 0.316. The highest BCUT2D eigenvalue weighted by Gasteiger charge is 2.21. The van der Waals surface area contributed by atoms with Crippen molar-refractivity contribution in [3.05, 3.63) is 52.8 Å². The maximum Gasteiger partial charge on any atom is 0.282 e. The number of aromatic nitrogens is 4. The molecule has 1 fully saturated rings. The third kappa shape index (κ3) is 4.60. The highest BCUT2D eigenvalue weighted by atomic mass is 32.2. The molecule has 0 bridgehead atoms. The molecule has 10 heteroatoms. The molecule has 1 amide bonds. The van der Waals surface area contributed by atoms with Crippen LogP contribution >= 0.6 is 11.8 Å². The lowest BCUT2D eigenvalue weighted by atomic mass is 10.2. The Morgan fingerprint density at radius 1 is 1.28 bits per heavy atom. The molecule has 1 saturated heterocycles. The van der Waals surface area contributed by atoms with E-state index >= 15 is 0 Å². The van der Waals surface area contributed by atoms with E-state index in [1.165, 1.54) is 41.2 Å². The minimum absolute atomic E-state index is 0.0289. The number of rotatable bonds is 6. The number of ether oxygens (including phenoxy) is 1. The molecular formula is C19H18FN5O3S. The summed E-state index contributed by atoms with van der Waals surface area (Å²) in [5.74, 6) is -0.642. The summed E-state index contributed by atoms with van der Waals surface area (Å²) in [7, 11) is 0. The van der Waals surface area contributed by atoms with Crippen LogP contribution in [0.1, 0.15) is 12.8 Å². The van der Waals surface area contributed by atoms with Gasteiger partial charge in [0.1, 0.15) is 5.82 Å². The number of fused-ring (bicyclic) bond motifs is 1. The molecule has 2 aromatic heterocycles. The van der Waals surface area contributed by atoms with E-state index < -0.39 is 0 Å². The number of nitrogens with zero attached hydrogens (tertiary/aromatic N) is 4. The third-order valence-corrected chi connectivity index (χ3v) is 5.41. The molecule has 0 aliphatic carbocycles. The molecule has 0 radical (unpaired) electrons. The number of hydrogen-bond donors (Lipinski definition) is 1. The summed E-state index contributed by atoms with van der Waals surface area (Å²) >= 11 is 1.13. The lowest BCUT2D eigenvalue weighted by Gasteiger charge is -2.15. The number of hydrogen-bond acceptors (Lipinski definition) is 7. The fourth-order valence-corrected chi connectivity index (χ4v) is 3.85. The topological polar surface area (TPSA) is 99.0 Å². The van der Waals surface area contributed by atoms with E-state index in [0.717, 1.165) is 24.6 Å². The zero-order valence-corrected chi connectivity index (χ0v) is 16.2. The van der Waals surface area contributed by atoms with Gasteiger partial charge in [-0.25, -0.2) is 19.3 Å². The first-order valence-corrected chi connectivity index (χ1v) is 10.1. The van der Waals surface area contributed by atoms with Crippen LogP contribution in [0, 0.1) is 5.82 Å². The molecular weight excluding hydrogens is 397 g/mol. The highest BCUT2D eigenvalue weighted by Crippen LogP contribution is 2.20. The van der Waals surface area contributed by atoms with Gasteiger partial charge in [-0.3, -0.25) is 14.2 Å². The number of nitrogens with one attached hydrogen (secondary N) is 1. The number of carbonyl (C=O) groups is 1. The SMILES string of the molecule is O=C(CSc1nc2nccnc2c(=O)n1C[C@H]1CCCO1)Nc1ccc(F)cc1. The van der Waals surface area contributed by atoms with E-state index in [-0.39, 0.29) is 40.3 Å². The molecule has 0 spiro atoms. The first-order chi connectivity index (χ1) is 14.1. The van der Waals surface area contributed by atoms with Crippen molar-refractivity contribution >= 4 is 34.5 Å². The molecule has 1 aliphatic rings. The number of carbonyl (C=O) groups excluding carboxylic acids is 1. The Morgan fingerprint density at radius 2 is 2.07 bits per heavy atom. The number of halogens is 1. The van der Waals surface area contributed by atoms with Gasteiger partial charge >= 0.3 is 0 Å². The van der Waals surface area contributed by atoms with E-state index in [9.17, 15) is 14.0 Å². The van der Waals surface area contributed by atoms with Crippen LogP contribution in [0.15, 0.2) is 46.6 Å². The van der Waals surface area contributed by atoms with E-state index in [0.29, 0.717) is 24.0 Å². The van der Waals surface area contributed by atoms with Crippen LogP contribution in [0.3, 0.4) is 0 Å². The summed E-state index contributed by atoms with van der Waals surface area (Å²) in [6.07, 6.45) is 4.65. The highest BCUT2D eigenvalue weighted by molar-refractivity contribution is 7.99. The van der Waals surface area contributed by atoms with Crippen LogP contribution in [0.5, 0.6) is 0 Å². The molecule has 1 aliphatic heterocycles. The molecule has 1 N–H and O–H groups in total. The maximum absolute atomic E-state index is 13.0. The van der Waals surface area contributed by atoms with Gasteiger partial charge in [-0.05, 0) is 37.1 Å². The maximum atomic E-state index is 13.0. The first kappa shape index (κ1) is 19.5. The number of anilines is 1. The minimum Gasteiger partial charge on any atom is -0.376 e. The quantitative estimate of drug-likeness (QED) is 0.487. The molecule has 150 valence electrons. The van der Waals surface area contributed by atoms with Gasteiger partial charge in [-0.15, -0.1) is 0 Å². The molecule has 4 rings (SSSR count). The lowest BCUT2D eigenvalue weighted by molar-refractivity contribution is -0.113. The van der Waals surface area contributed by atoms with E-state index in [1.54, 1.807) is 0 Å². The average molecular weight is 415 g/mol. The van der Waals surface area contributed by atoms with E-state index in [4.69, 9.17) is 4.74 Å². The smallest absolute Gasteiger partial charge is 0.282 e. The van der Waals surface area contributed by atoms with Crippen molar-refractivity contribution in [1.29, 1.82) is 0 Å². The molecule has 0 saturated carbocycles. The summed E-state index contributed by atoms with van der Waals surface area (Å²) < 4.78 is 20.1. The Morgan fingerprint density at radius 3 is 2.83 bits per heavy atom. The van der Waals surface area contributed by atoms with Crippen LogP contribution in [0.4, 0.5) is 10.1 Å². The van der Waals surface area contributed by atoms with E-state index in [2.05, 4.69) is 20.3 Å². The van der Waals surface area contributed by atoms with Crippen LogP contribution in [-0.4, -0.2) is 43.9 Å². The fourth-order valence-electron chi connectivity index (χ4n) is 3.05. The lowest BCUT2D eigenvalue weighted by Crippen LogP contribution is -2.30. The van der Waals surface area contributed by atoms with Crippen LogP contribution in [-0.2, 0) is 16.1 Å². The predicted octanol–water partition coefficient (Wildman–Crippen LogP) is 2.24. The Balaban J connectivity index is 1.55. The van der Waals surface area contributed by atoms with Gasteiger partial charge in [0.25, 0.3) is 5.56 Å². The Labute approximate surface area is 169 Å². The molecule has 0 unspecified atom stereocenters. The Hall–Kier alpha value is -2.85. The second-order valence-electron chi connectivity index (χ2n) is 6.52. The number of benzene rings is 1. The van der Waals surface area contributed by atoms with Gasteiger partial charge in [0, 0.05) is 24.7 Å². The van der Waals surface area contributed by atoms with Crippen molar-refractivity contribution in [2.24, 2.45) is 0 Å². The monoisotopic (exact) mass is 415 g/mol. The molecule has 8 nitrogen and oxygen atoms in total. The summed E-state index contributed by atoms with van der Waals surface area (Å²) in [5, 5.41) is 3.07. The Kier molecular flexibility index (Phi) is 5.81. The normalized spacial score (nSPS) is 16.2. The molecule has 1 atom stereocenters. The van der Waals surface area contributed by atoms with Crippen molar-refractivity contribution < 1.29 is 13.9 Å². The van der Waals surface area contributed by atoms with Gasteiger partial charge in [0.05, 0.1) is 18.4 Å². The largest absolute Gasteiger partial charge is 0.376 e. The zero-order chi connectivity index (χ0) is 20.2. The zero-order valence-electron chi connectivity index (χ0n) is 15.4. The van der Waals surface area contributed by atoms with E-state index in [1.807, 2.05) is 0 Å². The number of amides is 1. The van der Waals surface area contributed by atoms with Gasteiger partial charge in [0.15, 0.2) is 16.3 Å². The average Bonchev–Trinajstić information content (AvgIpc) is 3.24. The van der Waals surface area contributed by atoms with Gasteiger partial charge in [-0.1, -0.05) is 11.8 Å². The van der Waals surface area contributed by atoms with Crippen molar-refractivity contribution in [3.63, 3.8) is 0 Å². The van der Waals surface area contributed by atoms with Gasteiger partial charge < -0.3 is 10.1 Å². The summed E-state index contributed by atoms with van der Waals surface area (Å²) in [6, 6.07) is 5.50. The Bertz CT molecular complexity index is 1080. The van der Waals surface area contributed by atoms with Crippen molar-refractivity contribution in [2.75, 3.05) is 17.7 Å². The van der Waals surface area contributed by atoms with Crippen LogP contribution in [0.2, 0.25) is 0 Å². The second kappa shape index (κ2) is 8.66. The molecule has 1 aromatic carbocycles. The summed E-state index contributed by atoms with van der Waals surface area (Å²) in [5.41, 5.74) is 0.610. The van der Waals surface area contributed by atoms with Crippen LogP contribution in [0.25, 0.3) is 11.2 Å². The standard InChI is InChI=1S/C19H18FN5O3S/c20-12-3-5-13(6-4-12)23-15(26)11-29-19-24-17-16(21-7-8-22-17)18(27)25(19)10-14-2-1-9-28-14/h3-8,14H,1-2,9-11H2,(H,23,26)/t14-/m1/s1. The molecule has 3 heterocycles. The van der Waals surface area contributed by atoms with Crippen molar-refractivity contribution in [2.45, 2.75) is 30.6 Å². The minimum atomic E-state index is -0.378. The summed E-state index contributed by atoms with van der Waals surface area (Å²) in [6.45, 7) is 1.02. The predicted molar refractivity (Wildman–Crippen MR) is 106 cm³/mol. The van der Waals surface area contributed by atoms with Crippen LogP contribution < -0.4 is 10.9 Å². The second-order valence-corrected chi connectivity index (χ2v) is 7.46. The first-order valence-electron chi connectivity index (χ1n) is 9.11. The molecule has 29 heavy (non-hydrogen) atoms. The summed E-state index contributed by atoms with van der Waals surface area (Å²) in [4.78, 5) is 37.8. The third-order valence-electron chi connectivity index (χ3n) is 4.43. The van der Waals surface area contributed by atoms with Gasteiger partial charge in [0.2, 0.25) is 5.91 Å². The van der Waals surface area contributed by atoms with Crippen molar-refractivity contribution in [3.8, 4) is 0 Å². The van der Waals surface area contributed by atoms with Gasteiger partial charge in [-0.2, -0.15) is 0 Å².